The fourth-order valence-electron chi connectivity index (χ4n) is 7.69. The van der Waals surface area contributed by atoms with Gasteiger partial charge in [-0.3, -0.25) is 14.4 Å². The van der Waals surface area contributed by atoms with E-state index >= 15 is 0 Å². The number of unbranched alkanes of at least 4 members (excludes halogenated alkanes) is 18. The van der Waals surface area contributed by atoms with E-state index in [9.17, 15) is 34.5 Å². The summed E-state index contributed by atoms with van der Waals surface area (Å²) in [6.07, 6.45) is 43.2. The van der Waals surface area contributed by atoms with E-state index in [0.717, 1.165) is 96.3 Å². The minimum absolute atomic E-state index is 0.0211. The van der Waals surface area contributed by atoms with Gasteiger partial charge in [-0.05, 0) is 83.5 Å². The van der Waals surface area contributed by atoms with E-state index in [4.69, 9.17) is 23.7 Å². The number of rotatable bonds is 44. The van der Waals surface area contributed by atoms with E-state index in [1.54, 1.807) is 0 Å². The molecule has 1 rings (SSSR count). The van der Waals surface area contributed by atoms with Gasteiger partial charge in [-0.2, -0.15) is 0 Å². The van der Waals surface area contributed by atoms with Crippen molar-refractivity contribution >= 4 is 23.9 Å². The van der Waals surface area contributed by atoms with Crippen LogP contribution >= 0.6 is 0 Å². The highest BCUT2D eigenvalue weighted by Gasteiger charge is 2.50. The van der Waals surface area contributed by atoms with Gasteiger partial charge < -0.3 is 39.0 Å². The van der Waals surface area contributed by atoms with Crippen LogP contribution in [0.25, 0.3) is 0 Å². The van der Waals surface area contributed by atoms with E-state index in [1.165, 1.54) is 57.8 Å². The molecule has 0 bridgehead atoms. The SMILES string of the molecule is CC/C=C\C/C=C\C/C=C\CCCCCC(=O)OCC(COC1OC(C(=O)O)C(O)C(O)C1OC(=O)CCCCC/C=C\C/C=C\C/C=C\CC)OC(=O)CCCCCCCCCCCCCCC. The Kier molecular flexibility index (Phi) is 41.5. The average Bonchev–Trinajstić information content (AvgIpc) is 3.33. The van der Waals surface area contributed by atoms with Gasteiger partial charge in [0.15, 0.2) is 24.6 Å². The van der Waals surface area contributed by atoms with Crippen LogP contribution in [0.3, 0.4) is 0 Å². The molecule has 0 amide bonds. The van der Waals surface area contributed by atoms with Crippen LogP contribution < -0.4 is 0 Å². The summed E-state index contributed by atoms with van der Waals surface area (Å²) < 4.78 is 28.3. The summed E-state index contributed by atoms with van der Waals surface area (Å²) in [7, 11) is 0. The number of aliphatic hydroxyl groups is 2. The Balaban J connectivity index is 2.76. The number of carbonyl (C=O) groups excluding carboxylic acids is 3. The maximum absolute atomic E-state index is 13.1. The molecule has 1 aliphatic heterocycles. The molecular formula is C57H94O12. The Hall–Kier alpha value is -3.84. The Labute approximate surface area is 417 Å². The lowest BCUT2D eigenvalue weighted by Gasteiger charge is -2.40. The smallest absolute Gasteiger partial charge is 0.335 e. The summed E-state index contributed by atoms with van der Waals surface area (Å²) in [6.45, 7) is 5.70. The summed E-state index contributed by atoms with van der Waals surface area (Å²) in [5.74, 6) is -3.20. The molecule has 0 aromatic heterocycles. The molecule has 12 nitrogen and oxygen atoms in total. The second kappa shape index (κ2) is 45.3. The molecule has 0 aromatic rings. The zero-order chi connectivity index (χ0) is 50.4. The molecule has 0 radical (unpaired) electrons. The van der Waals surface area contributed by atoms with Crippen LogP contribution in [0.2, 0.25) is 0 Å². The molecule has 1 heterocycles. The molecule has 0 aromatic carbocycles. The summed E-state index contributed by atoms with van der Waals surface area (Å²) in [5.41, 5.74) is 0. The van der Waals surface area contributed by atoms with Gasteiger partial charge in [0.05, 0.1) is 6.61 Å². The topological polar surface area (TPSA) is 175 Å². The van der Waals surface area contributed by atoms with E-state index < -0.39 is 67.3 Å². The predicted octanol–water partition coefficient (Wildman–Crippen LogP) is 13.0. The molecule has 0 saturated carbocycles. The molecule has 1 saturated heterocycles. The van der Waals surface area contributed by atoms with Crippen LogP contribution in [0, 0.1) is 0 Å². The number of carboxylic acids is 1. The number of esters is 3. The summed E-state index contributed by atoms with van der Waals surface area (Å²) in [5, 5.41) is 31.3. The molecule has 394 valence electrons. The lowest BCUT2D eigenvalue weighted by molar-refractivity contribution is -0.301. The van der Waals surface area contributed by atoms with Crippen molar-refractivity contribution in [3.8, 4) is 0 Å². The van der Waals surface area contributed by atoms with Gasteiger partial charge in [0, 0.05) is 19.3 Å². The number of carbonyl (C=O) groups is 4. The fraction of sp³-hybridized carbons (Fsp3) is 0.719. The monoisotopic (exact) mass is 971 g/mol. The Morgan fingerprint density at radius 3 is 1.39 bits per heavy atom. The lowest BCUT2D eigenvalue weighted by atomic mass is 9.98. The minimum Gasteiger partial charge on any atom is -0.479 e. The van der Waals surface area contributed by atoms with Crippen molar-refractivity contribution in [1.29, 1.82) is 0 Å². The molecular weight excluding hydrogens is 877 g/mol. The van der Waals surface area contributed by atoms with Gasteiger partial charge in [0.25, 0.3) is 0 Å². The third-order valence-corrected chi connectivity index (χ3v) is 11.8. The second-order valence-electron chi connectivity index (χ2n) is 18.1. The number of aliphatic carboxylic acids is 1. The van der Waals surface area contributed by atoms with E-state index in [2.05, 4.69) is 93.7 Å². The van der Waals surface area contributed by atoms with Crippen molar-refractivity contribution in [3.63, 3.8) is 0 Å². The number of ether oxygens (including phenoxy) is 5. The van der Waals surface area contributed by atoms with Crippen LogP contribution in [0.5, 0.6) is 0 Å². The van der Waals surface area contributed by atoms with Gasteiger partial charge in [-0.15, -0.1) is 0 Å². The van der Waals surface area contributed by atoms with Crippen LogP contribution in [-0.4, -0.2) is 89.2 Å². The first-order valence-electron chi connectivity index (χ1n) is 26.9. The van der Waals surface area contributed by atoms with Crippen molar-refractivity contribution in [2.45, 2.75) is 250 Å². The van der Waals surface area contributed by atoms with Crippen molar-refractivity contribution in [2.75, 3.05) is 13.2 Å². The van der Waals surface area contributed by atoms with Crippen molar-refractivity contribution in [1.82, 2.24) is 0 Å². The molecule has 6 atom stereocenters. The largest absolute Gasteiger partial charge is 0.479 e. The van der Waals surface area contributed by atoms with E-state index in [1.807, 2.05) is 0 Å². The van der Waals surface area contributed by atoms with Crippen molar-refractivity contribution in [2.24, 2.45) is 0 Å². The first-order chi connectivity index (χ1) is 33.6. The average molecular weight is 971 g/mol. The Morgan fingerprint density at radius 1 is 0.493 bits per heavy atom. The molecule has 12 heteroatoms. The maximum Gasteiger partial charge on any atom is 0.335 e. The normalized spacial score (nSPS) is 19.2. The number of aliphatic hydroxyl groups excluding tert-OH is 2. The number of hydrogen-bond donors (Lipinski definition) is 3. The number of hydrogen-bond acceptors (Lipinski definition) is 11. The molecule has 1 fully saturated rings. The standard InChI is InChI=1S/C57H94O12/c1-4-7-10-13-16-19-22-25-28-31-34-37-40-43-49(58)65-46-48(67-50(59)44-41-38-35-32-29-26-23-20-17-14-11-8-5-2)47-66-57-55(53(62)52(61)54(69-57)56(63)64)68-51(60)45-42-39-36-33-30-27-24-21-18-15-12-9-6-3/h7,9-10,12,16,18-19,21,25,27-28,30,48,52-55,57,61-62H,4-6,8,11,13-15,17,20,22-24,26,29,31-47H2,1-3H3,(H,63,64)/b10-7-,12-9-,19-16-,21-18-,28-25-,30-27-. The third-order valence-electron chi connectivity index (χ3n) is 11.8. The van der Waals surface area contributed by atoms with E-state index in [-0.39, 0.29) is 25.9 Å². The van der Waals surface area contributed by atoms with Gasteiger partial charge in [-0.1, -0.05) is 184 Å². The highest BCUT2D eigenvalue weighted by molar-refractivity contribution is 5.74. The van der Waals surface area contributed by atoms with Crippen LogP contribution in [0.1, 0.15) is 213 Å². The number of allylic oxidation sites excluding steroid dienone is 12. The van der Waals surface area contributed by atoms with Crippen molar-refractivity contribution < 1.29 is 58.2 Å². The first kappa shape index (κ1) is 63.2. The minimum atomic E-state index is -1.92. The summed E-state index contributed by atoms with van der Waals surface area (Å²) in [6, 6.07) is 0. The molecule has 6 unspecified atom stereocenters. The van der Waals surface area contributed by atoms with Crippen molar-refractivity contribution in [3.05, 3.63) is 72.9 Å². The predicted molar refractivity (Wildman–Crippen MR) is 275 cm³/mol. The van der Waals surface area contributed by atoms with Gasteiger partial charge >= 0.3 is 23.9 Å². The van der Waals surface area contributed by atoms with Gasteiger partial charge in [0.1, 0.15) is 18.8 Å². The van der Waals surface area contributed by atoms with Gasteiger partial charge in [-0.25, -0.2) is 4.79 Å². The molecule has 1 aliphatic rings. The third kappa shape index (κ3) is 35.8. The summed E-state index contributed by atoms with van der Waals surface area (Å²) >= 11 is 0. The fourth-order valence-corrected chi connectivity index (χ4v) is 7.69. The van der Waals surface area contributed by atoms with Crippen LogP contribution in [0.15, 0.2) is 72.9 Å². The molecule has 69 heavy (non-hydrogen) atoms. The van der Waals surface area contributed by atoms with Crippen LogP contribution in [0.4, 0.5) is 0 Å². The second-order valence-corrected chi connectivity index (χ2v) is 18.1. The molecule has 0 aliphatic carbocycles. The van der Waals surface area contributed by atoms with Crippen LogP contribution in [-0.2, 0) is 42.9 Å². The Bertz CT molecular complexity index is 1480. The van der Waals surface area contributed by atoms with E-state index in [0.29, 0.717) is 19.3 Å². The van der Waals surface area contributed by atoms with Gasteiger partial charge in [0.2, 0.25) is 0 Å². The maximum atomic E-state index is 13.1. The quantitative estimate of drug-likeness (QED) is 0.0228. The highest BCUT2D eigenvalue weighted by Crippen LogP contribution is 2.26. The summed E-state index contributed by atoms with van der Waals surface area (Å²) in [4.78, 5) is 50.9. The zero-order valence-corrected chi connectivity index (χ0v) is 43.0. The highest BCUT2D eigenvalue weighted by atomic mass is 16.7. The first-order valence-corrected chi connectivity index (χ1v) is 26.9. The Morgan fingerprint density at radius 2 is 0.913 bits per heavy atom. The zero-order valence-electron chi connectivity index (χ0n) is 43.0. The molecule has 0 spiro atoms. The lowest BCUT2D eigenvalue weighted by Crippen LogP contribution is -2.61. The number of carboxylic acid groups (broad SMARTS) is 1. The molecule has 3 N–H and O–H groups in total.